The number of carboxylic acids is 5. The van der Waals surface area contributed by atoms with Gasteiger partial charge in [-0.1, -0.05) is 0 Å². The third kappa shape index (κ3) is 9.56. The second kappa shape index (κ2) is 12.9. The molecule has 0 aliphatic heterocycles. The zero-order chi connectivity index (χ0) is 20.0. The summed E-state index contributed by atoms with van der Waals surface area (Å²) in [5.41, 5.74) is 5.87. The van der Waals surface area contributed by atoms with Crippen LogP contribution in [-0.4, -0.2) is 59.0 Å². The third-order valence-corrected chi connectivity index (χ3v) is 3.40. The van der Waals surface area contributed by atoms with Gasteiger partial charge in [0.05, 0.1) is 23.1 Å². The molecule has 15 nitrogen and oxygen atoms in total. The second-order valence-electron chi connectivity index (χ2n) is 5.33. The Kier molecular flexibility index (Phi) is 15.4. The van der Waals surface area contributed by atoms with Crippen LogP contribution in [-0.2, 0) is 41.0 Å². The summed E-state index contributed by atoms with van der Waals surface area (Å²) in [7, 11) is 0. The Bertz CT molecular complexity index is 557. The summed E-state index contributed by atoms with van der Waals surface area (Å²) in [6.07, 6.45) is -4.13. The van der Waals surface area contributed by atoms with E-state index < -0.39 is 73.4 Å². The van der Waals surface area contributed by atoms with Crippen molar-refractivity contribution < 1.29 is 66.6 Å². The maximum Gasteiger partial charge on any atom is 3.00 e. The molecule has 28 heavy (non-hydrogen) atoms. The molecule has 0 aromatic carbocycles. The Morgan fingerprint density at radius 1 is 0.643 bits per heavy atom. The quantitative estimate of drug-likeness (QED) is 0.158. The molecule has 0 bridgehead atoms. The minimum atomic E-state index is -2.81. The molecule has 0 rings (SSSR count). The van der Waals surface area contributed by atoms with Crippen LogP contribution in [0.4, 0.5) is 0 Å². The number of nitrogens with zero attached hydrogens (tertiary/aromatic N) is 1. The molecule has 0 amide bonds. The zero-order valence-corrected chi connectivity index (χ0v) is 16.2. The first kappa shape index (κ1) is 33.3. The fourth-order valence-electron chi connectivity index (χ4n) is 2.36. The summed E-state index contributed by atoms with van der Waals surface area (Å²) < 4.78 is 0. The molecule has 16 heteroatoms. The molecule has 0 aromatic rings. The second-order valence-corrected chi connectivity index (χ2v) is 5.33. The fourth-order valence-corrected chi connectivity index (χ4v) is 2.36. The van der Waals surface area contributed by atoms with E-state index >= 15 is 0 Å². The number of aliphatic carboxylic acids is 5. The first-order valence-corrected chi connectivity index (χ1v) is 6.55. The topological polar surface area (TPSA) is 329 Å². The number of carbonyl (C=O) groups is 5. The van der Waals surface area contributed by atoms with Crippen LogP contribution < -0.4 is 49.3 Å². The molecule has 1 unspecified atom stereocenters. The van der Waals surface area contributed by atoms with Gasteiger partial charge < -0.3 is 73.3 Å². The number of rotatable bonds is 12. The Hall–Kier alpha value is -2.33. The van der Waals surface area contributed by atoms with E-state index in [4.69, 9.17) is 11.5 Å². The molecule has 1 radical (unpaired) electrons. The van der Waals surface area contributed by atoms with Gasteiger partial charge in [-0.2, -0.15) is 0 Å². The summed E-state index contributed by atoms with van der Waals surface area (Å²) in [6.45, 7) is -2.65. The summed E-state index contributed by atoms with van der Waals surface area (Å²) >= 11 is 0. The van der Waals surface area contributed by atoms with E-state index in [0.29, 0.717) is 0 Å². The van der Waals surface area contributed by atoms with Crippen molar-refractivity contribution in [2.75, 3.05) is 13.1 Å². The van der Waals surface area contributed by atoms with Crippen LogP contribution in [0.15, 0.2) is 0 Å². The van der Waals surface area contributed by atoms with E-state index in [1.54, 1.807) is 0 Å². The van der Waals surface area contributed by atoms with Gasteiger partial charge >= 0.3 is 17.1 Å². The van der Waals surface area contributed by atoms with E-state index in [-0.39, 0.29) is 34.3 Å². The summed E-state index contributed by atoms with van der Waals surface area (Å²) in [5.74, 6) is -9.77. The monoisotopic (exact) mass is 452 g/mol. The molecule has 0 heterocycles. The predicted octanol–water partition coefficient (Wildman–Crippen LogP) is -8.69. The van der Waals surface area contributed by atoms with Gasteiger partial charge in [0.25, 0.3) is 0 Å². The van der Waals surface area contributed by atoms with Gasteiger partial charge in [-0.05, 0) is 0 Å². The molecule has 1 atom stereocenters. The standard InChI is InChI=1S/C12H19N3O10.Fe.2H3N/c13-11(1-6(16)17,2-7(18)19)12(14,3-8(20)21)15(4-9(22)23)5-10(24)25;;;/h1-5,13-14H2,(H,16,17)(H,18,19)(H,20,21)(H,22,23)(H,24,25);;2*1H3/q;+3;;/p-3. The van der Waals surface area contributed by atoms with Gasteiger partial charge in [-0.15, -0.1) is 0 Å². The molecule has 0 spiro atoms. The van der Waals surface area contributed by atoms with Crippen molar-refractivity contribution in [3.05, 3.63) is 0 Å². The van der Waals surface area contributed by atoms with Crippen molar-refractivity contribution in [3.8, 4) is 0 Å². The van der Waals surface area contributed by atoms with Crippen molar-refractivity contribution in [1.82, 2.24) is 17.2 Å². The number of carbonyl (C=O) groups excluding carboxylic acids is 5. The summed E-state index contributed by atoms with van der Waals surface area (Å²) in [5, 5.41) is 54.4. The Morgan fingerprint density at radius 3 is 1.14 bits per heavy atom. The largest absolute Gasteiger partial charge is 3.00 e. The van der Waals surface area contributed by atoms with Crippen LogP contribution in [0.25, 0.3) is 0 Å². The number of carboxylic acid groups (broad SMARTS) is 5. The first-order chi connectivity index (χ1) is 11.2. The van der Waals surface area contributed by atoms with E-state index in [2.05, 4.69) is 0 Å². The van der Waals surface area contributed by atoms with Crippen molar-refractivity contribution in [2.24, 2.45) is 11.5 Å². The third-order valence-electron chi connectivity index (χ3n) is 3.40. The minimum Gasteiger partial charge on any atom is -0.550 e. The molecule has 0 aliphatic carbocycles. The van der Waals surface area contributed by atoms with Crippen LogP contribution >= 0.6 is 0 Å². The van der Waals surface area contributed by atoms with Crippen molar-refractivity contribution in [1.29, 1.82) is 0 Å². The van der Waals surface area contributed by atoms with Gasteiger partial charge in [0.2, 0.25) is 0 Å². The molecule has 0 saturated heterocycles. The van der Waals surface area contributed by atoms with Crippen LogP contribution in [0, 0.1) is 0 Å². The van der Waals surface area contributed by atoms with E-state index in [0.717, 1.165) is 0 Å². The smallest absolute Gasteiger partial charge is 0.550 e. The molecule has 0 aromatic heterocycles. The number of hydrogen-bond donors (Lipinski definition) is 4. The average molecular weight is 452 g/mol. The molecule has 0 aliphatic rings. The molecular weight excluding hydrogens is 430 g/mol. The van der Waals surface area contributed by atoms with Crippen molar-refractivity contribution in [3.63, 3.8) is 0 Å². The number of quaternary nitrogens is 2. The summed E-state index contributed by atoms with van der Waals surface area (Å²) in [4.78, 5) is 54.6. The van der Waals surface area contributed by atoms with Crippen molar-refractivity contribution in [2.45, 2.75) is 30.5 Å². The Labute approximate surface area is 169 Å². The zero-order valence-electron chi connectivity index (χ0n) is 15.1. The number of hydrogen-bond acceptors (Lipinski definition) is 13. The maximum atomic E-state index is 11.0. The van der Waals surface area contributed by atoms with Gasteiger partial charge in [0, 0.05) is 50.3 Å². The summed E-state index contributed by atoms with van der Waals surface area (Å²) in [6, 6.07) is 0. The van der Waals surface area contributed by atoms with Crippen LogP contribution in [0.5, 0.6) is 0 Å². The van der Waals surface area contributed by atoms with E-state index in [9.17, 15) is 49.5 Å². The maximum absolute atomic E-state index is 11.0. The molecule has 0 saturated carbocycles. The van der Waals surface area contributed by atoms with Crippen LogP contribution in [0.2, 0.25) is 0 Å². The minimum absolute atomic E-state index is 0. The predicted molar refractivity (Wildman–Crippen MR) is 76.3 cm³/mol. The molecular formula is C12H22FeN5O10. The van der Waals surface area contributed by atoms with Crippen LogP contribution in [0.1, 0.15) is 19.3 Å². The van der Waals surface area contributed by atoms with E-state index in [1.165, 1.54) is 0 Å². The average Bonchev–Trinajstić information content (AvgIpc) is 2.33. The van der Waals surface area contributed by atoms with Crippen molar-refractivity contribution >= 4 is 29.8 Å². The van der Waals surface area contributed by atoms with Gasteiger partial charge in [0.1, 0.15) is 0 Å². The molecule has 163 valence electrons. The van der Waals surface area contributed by atoms with E-state index in [1.807, 2.05) is 0 Å². The molecule has 0 fully saturated rings. The van der Waals surface area contributed by atoms with Gasteiger partial charge in [-0.25, -0.2) is 0 Å². The first-order valence-electron chi connectivity index (χ1n) is 6.55. The Morgan fingerprint density at radius 2 is 0.929 bits per heavy atom. The van der Waals surface area contributed by atoms with Gasteiger partial charge in [0.15, 0.2) is 0 Å². The van der Waals surface area contributed by atoms with Crippen LogP contribution in [0.3, 0.4) is 0 Å². The SMILES string of the molecule is NC(CC(=O)[O-])(CC(=O)[O-])C(N)(CC(=O)[O-])N(CC(=O)[O-])CC(=O)[O-].[Fe+3].[NH4+].[NH4+]. The van der Waals surface area contributed by atoms with Gasteiger partial charge in [-0.3, -0.25) is 4.90 Å². The Balaban J connectivity index is -0.000000960. The fraction of sp³-hybridized carbons (Fsp3) is 0.583. The molecule has 12 N–H and O–H groups in total. The number of nitrogens with two attached hydrogens (primary N) is 2. The normalized spacial score (nSPS) is 12.4.